The van der Waals surface area contributed by atoms with E-state index >= 15 is 0 Å². The number of nitrogen functional groups attached to an aromatic ring is 1. The lowest BCUT2D eigenvalue weighted by molar-refractivity contribution is -0.161. The summed E-state index contributed by atoms with van der Waals surface area (Å²) in [5.74, 6) is -6.87. The fraction of sp³-hybridized carbons (Fsp3) is 0.348. The van der Waals surface area contributed by atoms with Crippen molar-refractivity contribution in [3.8, 4) is 5.75 Å². The van der Waals surface area contributed by atoms with Crippen molar-refractivity contribution < 1.29 is 52.2 Å². The monoisotopic (exact) mass is 683 g/mol. The summed E-state index contributed by atoms with van der Waals surface area (Å²) in [6.45, 7) is 0.613. The normalized spacial score (nSPS) is 17.4. The Morgan fingerprint density at radius 2 is 1.91 bits per heavy atom. The standard InChI is InChI=1S/C23H25N9O12S2/c1-23(2,20(39)40)44-28-15(12-9-45-21(24)27-12)16(35)26-11-8-31(17(11)36)22(41)29-46(42,43)32-4-3-30(18(37)19(32)38)7-10-5-13(33)14(34)6-25-10/h5-6,9,11,34H,3-4,7-8H2,1-2H3,(H2,24,27)(H,25,33)(H,26,35)(H,29,41)(H,39,40)/t11-/m0/s1. The molecule has 2 aromatic rings. The van der Waals surface area contributed by atoms with E-state index in [2.05, 4.69) is 20.4 Å². The van der Waals surface area contributed by atoms with E-state index in [-0.39, 0.29) is 33.9 Å². The van der Waals surface area contributed by atoms with Crippen LogP contribution in [0.25, 0.3) is 0 Å². The Labute approximate surface area is 261 Å². The van der Waals surface area contributed by atoms with Crippen molar-refractivity contribution in [2.45, 2.75) is 32.0 Å². The molecular weight excluding hydrogens is 658 g/mol. The predicted octanol–water partition coefficient (Wildman–Crippen LogP) is -3.14. The second-order valence-electron chi connectivity index (χ2n) is 10.1. The van der Waals surface area contributed by atoms with Crippen molar-refractivity contribution in [3.05, 3.63) is 39.3 Å². The molecule has 4 heterocycles. The molecule has 46 heavy (non-hydrogen) atoms. The number of likely N-dealkylation sites (tertiary alicyclic amines) is 1. The fourth-order valence-electron chi connectivity index (χ4n) is 3.80. The summed E-state index contributed by atoms with van der Waals surface area (Å²) >= 11 is 0.928. The number of anilines is 1. The number of hydrogen-bond donors (Lipinski definition) is 6. The van der Waals surface area contributed by atoms with Gasteiger partial charge in [0.25, 0.3) is 11.8 Å². The molecule has 2 aliphatic heterocycles. The van der Waals surface area contributed by atoms with Crippen molar-refractivity contribution in [2.75, 3.05) is 25.4 Å². The summed E-state index contributed by atoms with van der Waals surface area (Å²) in [5, 5.41) is 25.7. The third-order valence-corrected chi connectivity index (χ3v) is 8.46. The number of aromatic hydroxyl groups is 1. The number of carbonyl (C=O) groups is 6. The quantitative estimate of drug-likeness (QED) is 0.0624. The minimum absolute atomic E-state index is 0.0343. The van der Waals surface area contributed by atoms with E-state index in [4.69, 9.17) is 10.6 Å². The average Bonchev–Trinajstić information content (AvgIpc) is 3.40. The zero-order valence-electron chi connectivity index (χ0n) is 23.7. The van der Waals surface area contributed by atoms with Crippen molar-refractivity contribution in [3.63, 3.8) is 0 Å². The number of H-pyrrole nitrogens is 1. The number of carbonyl (C=O) groups excluding carboxylic acids is 5. The minimum Gasteiger partial charge on any atom is -0.503 e. The number of nitrogens with one attached hydrogen (secondary N) is 3. The van der Waals surface area contributed by atoms with Gasteiger partial charge >= 0.3 is 34.0 Å². The Kier molecular flexibility index (Phi) is 9.00. The molecule has 2 fully saturated rings. The highest BCUT2D eigenvalue weighted by molar-refractivity contribution is 7.88. The number of carboxylic acid groups (broad SMARTS) is 1. The second-order valence-corrected chi connectivity index (χ2v) is 12.6. The number of imide groups is 1. The van der Waals surface area contributed by atoms with Crippen LogP contribution in [0, 0.1) is 0 Å². The molecule has 246 valence electrons. The smallest absolute Gasteiger partial charge is 0.350 e. The number of nitrogens with zero attached hydrogens (tertiary/aromatic N) is 5. The molecule has 0 aliphatic carbocycles. The molecule has 2 aliphatic rings. The maximum absolute atomic E-state index is 12.9. The van der Waals surface area contributed by atoms with Crippen LogP contribution in [-0.4, -0.2) is 115 Å². The van der Waals surface area contributed by atoms with Crippen LogP contribution in [0.3, 0.4) is 0 Å². The number of amides is 6. The molecule has 2 saturated heterocycles. The van der Waals surface area contributed by atoms with E-state index in [0.29, 0.717) is 4.90 Å². The molecule has 0 aromatic carbocycles. The van der Waals surface area contributed by atoms with Crippen LogP contribution in [0.1, 0.15) is 25.2 Å². The first-order valence-corrected chi connectivity index (χ1v) is 15.1. The number of hydrogen-bond acceptors (Lipinski definition) is 15. The lowest BCUT2D eigenvalue weighted by atomic mass is 10.1. The van der Waals surface area contributed by atoms with Gasteiger partial charge in [-0.3, -0.25) is 28.9 Å². The number of oxime groups is 1. The summed E-state index contributed by atoms with van der Waals surface area (Å²) in [7, 11) is -4.97. The van der Waals surface area contributed by atoms with Crippen molar-refractivity contribution >= 4 is 68.0 Å². The molecule has 2 aromatic heterocycles. The van der Waals surface area contributed by atoms with E-state index in [9.17, 15) is 52.2 Å². The van der Waals surface area contributed by atoms with Gasteiger partial charge in [0.1, 0.15) is 11.7 Å². The molecule has 0 saturated carbocycles. The highest BCUT2D eigenvalue weighted by Gasteiger charge is 2.46. The molecule has 0 radical (unpaired) electrons. The van der Waals surface area contributed by atoms with Crippen LogP contribution in [-0.2, 0) is 45.6 Å². The molecule has 1 atom stereocenters. The van der Waals surface area contributed by atoms with Gasteiger partial charge in [0, 0.05) is 29.9 Å². The Morgan fingerprint density at radius 1 is 1.22 bits per heavy atom. The van der Waals surface area contributed by atoms with E-state index in [1.165, 1.54) is 10.1 Å². The lowest BCUT2D eigenvalue weighted by Gasteiger charge is -2.37. The summed E-state index contributed by atoms with van der Waals surface area (Å²) in [5.41, 5.74) is 2.49. The van der Waals surface area contributed by atoms with Gasteiger partial charge in [0.2, 0.25) is 11.0 Å². The number of nitrogens with two attached hydrogens (primary N) is 1. The molecule has 0 spiro atoms. The van der Waals surface area contributed by atoms with E-state index in [1.54, 1.807) is 0 Å². The zero-order chi connectivity index (χ0) is 34.1. The average molecular weight is 684 g/mol. The van der Waals surface area contributed by atoms with Crippen LogP contribution in [0.2, 0.25) is 0 Å². The van der Waals surface area contributed by atoms with Gasteiger partial charge in [0.05, 0.1) is 19.6 Å². The number of β-lactam (4-membered cyclic amide) rings is 1. The third kappa shape index (κ3) is 6.88. The number of urea groups is 1. The number of thiazole rings is 1. The molecule has 0 unspecified atom stereocenters. The van der Waals surface area contributed by atoms with E-state index in [0.717, 1.165) is 42.3 Å². The SMILES string of the molecule is CC(C)(ON=C(C(=O)N[C@H]1CN(C(=O)NS(=O)(=O)N2CCN(Cc3cc(=O)c(O)c[nH]3)C(=O)C2=O)C1=O)c1csc(N)n1)C(=O)O. The van der Waals surface area contributed by atoms with Crippen LogP contribution in [0.15, 0.2) is 27.6 Å². The van der Waals surface area contributed by atoms with Gasteiger partial charge in [-0.1, -0.05) is 5.16 Å². The summed E-state index contributed by atoms with van der Waals surface area (Å²) in [6, 6.07) is -1.84. The highest BCUT2D eigenvalue weighted by Crippen LogP contribution is 2.18. The van der Waals surface area contributed by atoms with Crippen LogP contribution >= 0.6 is 11.3 Å². The van der Waals surface area contributed by atoms with Crippen LogP contribution in [0.5, 0.6) is 5.75 Å². The number of rotatable bonds is 10. The predicted molar refractivity (Wildman–Crippen MR) is 153 cm³/mol. The first-order chi connectivity index (χ1) is 21.4. The van der Waals surface area contributed by atoms with E-state index in [1.807, 2.05) is 0 Å². The summed E-state index contributed by atoms with van der Waals surface area (Å²) in [6.07, 6.45) is 0.981. The number of aromatic amines is 1. The van der Waals surface area contributed by atoms with Gasteiger partial charge in [-0.05, 0) is 13.8 Å². The number of piperazine rings is 1. The zero-order valence-corrected chi connectivity index (χ0v) is 25.4. The number of pyridine rings is 1. The van der Waals surface area contributed by atoms with Crippen LogP contribution in [0.4, 0.5) is 9.93 Å². The molecule has 0 bridgehead atoms. The van der Waals surface area contributed by atoms with Gasteiger partial charge in [-0.15, -0.1) is 11.3 Å². The third-order valence-electron chi connectivity index (χ3n) is 6.43. The van der Waals surface area contributed by atoms with E-state index < -0.39 is 87.5 Å². The molecule has 7 N–H and O–H groups in total. The van der Waals surface area contributed by atoms with Crippen molar-refractivity contribution in [2.24, 2.45) is 5.16 Å². The molecule has 6 amide bonds. The lowest BCUT2D eigenvalue weighted by Crippen LogP contribution is -2.69. The Hall–Kier alpha value is -5.58. The maximum atomic E-state index is 12.9. The van der Waals surface area contributed by atoms with Gasteiger partial charge in [0.15, 0.2) is 16.6 Å². The van der Waals surface area contributed by atoms with Gasteiger partial charge in [-0.2, -0.15) is 8.42 Å². The molecule has 21 nitrogen and oxygen atoms in total. The maximum Gasteiger partial charge on any atom is 0.350 e. The van der Waals surface area contributed by atoms with Crippen molar-refractivity contribution in [1.82, 2.24) is 34.1 Å². The second kappa shape index (κ2) is 12.4. The first-order valence-electron chi connectivity index (χ1n) is 12.8. The van der Waals surface area contributed by atoms with Gasteiger partial charge < -0.3 is 36.0 Å². The number of carboxylic acids is 1. The first kappa shape index (κ1) is 33.3. The topological polar surface area (TPSA) is 304 Å². The largest absolute Gasteiger partial charge is 0.503 e. The van der Waals surface area contributed by atoms with Crippen LogP contribution < -0.4 is 21.2 Å². The Balaban J connectivity index is 1.36. The molecular formula is C23H25N9O12S2. The summed E-state index contributed by atoms with van der Waals surface area (Å²) < 4.78 is 27.2. The molecule has 23 heteroatoms. The Bertz CT molecular complexity index is 1830. The number of aromatic nitrogens is 2. The highest BCUT2D eigenvalue weighted by atomic mass is 32.2. The molecule has 4 rings (SSSR count). The summed E-state index contributed by atoms with van der Waals surface area (Å²) in [4.78, 5) is 99.1. The Morgan fingerprint density at radius 3 is 2.50 bits per heavy atom. The number of aliphatic carboxylic acids is 1. The van der Waals surface area contributed by atoms with Gasteiger partial charge in [-0.25, -0.2) is 23.6 Å². The fourth-order valence-corrected chi connectivity index (χ4v) is 5.41. The minimum atomic E-state index is -4.97. The van der Waals surface area contributed by atoms with Crippen molar-refractivity contribution in [1.29, 1.82) is 0 Å².